The second-order valence-corrected chi connectivity index (χ2v) is 7.94. The average Bonchev–Trinajstić information content (AvgIpc) is 2.88. The fourth-order valence-corrected chi connectivity index (χ4v) is 3.91. The van der Waals surface area contributed by atoms with E-state index in [0.717, 1.165) is 63.6 Å². The Bertz CT molecular complexity index is 636. The Hall–Kier alpha value is -1.60. The molecule has 29 heavy (non-hydrogen) atoms. The molecule has 2 atom stereocenters. The second-order valence-electron chi connectivity index (χ2n) is 7.94. The van der Waals surface area contributed by atoms with Crippen molar-refractivity contribution in [3.63, 3.8) is 0 Å². The Balaban J connectivity index is 1.74. The zero-order valence-corrected chi connectivity index (χ0v) is 17.5. The van der Waals surface area contributed by atoms with Crippen LogP contribution in [0.15, 0.2) is 24.3 Å². The van der Waals surface area contributed by atoms with Crippen LogP contribution >= 0.6 is 0 Å². The third-order valence-corrected chi connectivity index (χ3v) is 5.63. The van der Waals surface area contributed by atoms with Crippen molar-refractivity contribution in [2.45, 2.75) is 58.2 Å². The number of halogens is 3. The van der Waals surface area contributed by atoms with E-state index >= 15 is 0 Å². The van der Waals surface area contributed by atoms with Crippen molar-refractivity contribution in [3.8, 4) is 0 Å². The number of hydrogen-bond acceptors (Lipinski definition) is 3. The summed E-state index contributed by atoms with van der Waals surface area (Å²) in [4.78, 5) is 13.9. The van der Waals surface area contributed by atoms with Gasteiger partial charge in [-0.15, -0.1) is 0 Å². The summed E-state index contributed by atoms with van der Waals surface area (Å²) in [6.07, 6.45) is -0.252. The van der Waals surface area contributed by atoms with Gasteiger partial charge in [0.15, 0.2) is 0 Å². The molecule has 2 N–H and O–H groups in total. The summed E-state index contributed by atoms with van der Waals surface area (Å²) in [5, 5.41) is 6.80. The number of unbranched alkanes of at least 4 members (excludes halogenated alkanes) is 1. The van der Waals surface area contributed by atoms with Gasteiger partial charge in [0.2, 0.25) is 5.91 Å². The van der Waals surface area contributed by atoms with E-state index in [1.807, 2.05) is 4.90 Å². The molecule has 0 aliphatic carbocycles. The van der Waals surface area contributed by atoms with E-state index in [-0.39, 0.29) is 17.9 Å². The highest BCUT2D eigenvalue weighted by Crippen LogP contribution is 2.30. The molecule has 1 aliphatic heterocycles. The standard InChI is InChI=1S/C22H34F3N3O/c1-3-20(17(2)15-18-7-6-8-19(16-18)22(23,24)25)27-10-4-5-13-28-14-12-26-11-9-21(28)29/h6-8,16-17,20,26-27H,3-5,9-15H2,1-2H3. The Morgan fingerprint density at radius 1 is 1.24 bits per heavy atom. The molecule has 164 valence electrons. The van der Waals surface area contributed by atoms with Crippen LogP contribution in [0.4, 0.5) is 13.2 Å². The molecule has 0 aromatic heterocycles. The fourth-order valence-electron chi connectivity index (χ4n) is 3.91. The molecule has 1 amide bonds. The summed E-state index contributed by atoms with van der Waals surface area (Å²) in [7, 11) is 0. The molecule has 0 spiro atoms. The largest absolute Gasteiger partial charge is 0.416 e. The molecule has 0 saturated carbocycles. The highest BCUT2D eigenvalue weighted by Gasteiger charge is 2.30. The van der Waals surface area contributed by atoms with Crippen LogP contribution in [-0.2, 0) is 17.4 Å². The van der Waals surface area contributed by atoms with Crippen molar-refractivity contribution < 1.29 is 18.0 Å². The van der Waals surface area contributed by atoms with Crippen LogP contribution in [0, 0.1) is 5.92 Å². The SMILES string of the molecule is CCC(NCCCCN1CCNCCC1=O)C(C)Cc1cccc(C(F)(F)F)c1. The molecule has 1 heterocycles. The second kappa shape index (κ2) is 11.6. The van der Waals surface area contributed by atoms with Gasteiger partial charge in [-0.3, -0.25) is 4.79 Å². The van der Waals surface area contributed by atoms with Gasteiger partial charge >= 0.3 is 6.18 Å². The summed E-state index contributed by atoms with van der Waals surface area (Å²) in [6, 6.07) is 5.89. The monoisotopic (exact) mass is 413 g/mol. The quantitative estimate of drug-likeness (QED) is 0.573. The molecular weight excluding hydrogens is 379 g/mol. The molecule has 1 aromatic carbocycles. The van der Waals surface area contributed by atoms with Crippen molar-refractivity contribution in [1.29, 1.82) is 0 Å². The lowest BCUT2D eigenvalue weighted by Gasteiger charge is -2.25. The van der Waals surface area contributed by atoms with Gasteiger partial charge in [-0.1, -0.05) is 32.0 Å². The number of alkyl halides is 3. The zero-order chi connectivity index (χ0) is 21.3. The lowest BCUT2D eigenvalue weighted by molar-refractivity contribution is -0.137. The van der Waals surface area contributed by atoms with Gasteiger partial charge in [-0.2, -0.15) is 13.2 Å². The molecule has 0 bridgehead atoms. The van der Waals surface area contributed by atoms with Crippen molar-refractivity contribution in [2.24, 2.45) is 5.92 Å². The summed E-state index contributed by atoms with van der Waals surface area (Å²) >= 11 is 0. The summed E-state index contributed by atoms with van der Waals surface area (Å²) in [5.41, 5.74) is 0.141. The first-order valence-electron chi connectivity index (χ1n) is 10.7. The number of nitrogens with one attached hydrogen (secondary N) is 2. The van der Waals surface area contributed by atoms with Gasteiger partial charge in [0.25, 0.3) is 0 Å². The van der Waals surface area contributed by atoms with Crippen LogP contribution in [-0.4, -0.2) is 49.6 Å². The van der Waals surface area contributed by atoms with E-state index in [0.29, 0.717) is 12.8 Å². The normalized spacial score (nSPS) is 17.8. The maximum absolute atomic E-state index is 12.9. The summed E-state index contributed by atoms with van der Waals surface area (Å²) < 4.78 is 38.7. The third-order valence-electron chi connectivity index (χ3n) is 5.63. The third kappa shape index (κ3) is 7.97. The fraction of sp³-hybridized carbons (Fsp3) is 0.682. The summed E-state index contributed by atoms with van der Waals surface area (Å²) in [6.45, 7) is 8.23. The Labute approximate surface area is 172 Å². The van der Waals surface area contributed by atoms with Gasteiger partial charge in [0.1, 0.15) is 0 Å². The number of amides is 1. The first-order valence-corrected chi connectivity index (χ1v) is 10.7. The van der Waals surface area contributed by atoms with Crippen LogP contribution in [0.5, 0.6) is 0 Å². The van der Waals surface area contributed by atoms with Gasteiger partial charge in [-0.05, 0) is 49.8 Å². The number of carbonyl (C=O) groups is 1. The number of hydrogen-bond donors (Lipinski definition) is 2. The van der Waals surface area contributed by atoms with Gasteiger partial charge in [-0.25, -0.2) is 0 Å². The van der Waals surface area contributed by atoms with Crippen molar-refractivity contribution in [2.75, 3.05) is 32.7 Å². The smallest absolute Gasteiger partial charge is 0.341 e. The zero-order valence-electron chi connectivity index (χ0n) is 17.5. The molecule has 2 unspecified atom stereocenters. The molecule has 1 aliphatic rings. The van der Waals surface area contributed by atoms with Crippen LogP contribution in [0.2, 0.25) is 0 Å². The Morgan fingerprint density at radius 3 is 2.76 bits per heavy atom. The first kappa shape index (κ1) is 23.7. The first-order chi connectivity index (χ1) is 13.8. The van der Waals surface area contributed by atoms with Gasteiger partial charge in [0, 0.05) is 38.6 Å². The molecule has 1 saturated heterocycles. The molecule has 1 fully saturated rings. The van der Waals surface area contributed by atoms with Gasteiger partial charge in [0.05, 0.1) is 5.56 Å². The van der Waals surface area contributed by atoms with Crippen LogP contribution in [0.3, 0.4) is 0 Å². The minimum absolute atomic E-state index is 0.226. The molecule has 0 radical (unpaired) electrons. The predicted molar refractivity (Wildman–Crippen MR) is 110 cm³/mol. The molecule has 1 aromatic rings. The van der Waals surface area contributed by atoms with Crippen molar-refractivity contribution in [1.82, 2.24) is 15.5 Å². The molecule has 2 rings (SSSR count). The van der Waals surface area contributed by atoms with E-state index in [1.165, 1.54) is 12.1 Å². The molecule has 7 heteroatoms. The maximum Gasteiger partial charge on any atom is 0.416 e. The van der Waals surface area contributed by atoms with E-state index in [9.17, 15) is 18.0 Å². The summed E-state index contributed by atoms with van der Waals surface area (Å²) in [5.74, 6) is 0.464. The average molecular weight is 414 g/mol. The number of nitrogens with zero attached hydrogens (tertiary/aromatic N) is 1. The van der Waals surface area contributed by atoms with E-state index in [2.05, 4.69) is 24.5 Å². The Kier molecular flexibility index (Phi) is 9.43. The van der Waals surface area contributed by atoms with Crippen molar-refractivity contribution >= 4 is 5.91 Å². The Morgan fingerprint density at radius 2 is 2.03 bits per heavy atom. The minimum Gasteiger partial charge on any atom is -0.341 e. The van der Waals surface area contributed by atoms with Crippen LogP contribution < -0.4 is 10.6 Å². The van der Waals surface area contributed by atoms with Crippen LogP contribution in [0.25, 0.3) is 0 Å². The minimum atomic E-state index is -4.30. The van der Waals surface area contributed by atoms with Gasteiger partial charge < -0.3 is 15.5 Å². The van der Waals surface area contributed by atoms with E-state index < -0.39 is 11.7 Å². The highest BCUT2D eigenvalue weighted by molar-refractivity contribution is 5.76. The lowest BCUT2D eigenvalue weighted by atomic mass is 9.91. The maximum atomic E-state index is 12.9. The number of rotatable bonds is 10. The molecular formula is C22H34F3N3O. The highest BCUT2D eigenvalue weighted by atomic mass is 19.4. The van der Waals surface area contributed by atoms with Crippen molar-refractivity contribution in [3.05, 3.63) is 35.4 Å². The number of carbonyl (C=O) groups excluding carboxylic acids is 1. The van der Waals surface area contributed by atoms with E-state index in [1.54, 1.807) is 6.07 Å². The molecule has 4 nitrogen and oxygen atoms in total. The predicted octanol–water partition coefficient (Wildman–Crippen LogP) is 3.85. The van der Waals surface area contributed by atoms with E-state index in [4.69, 9.17) is 0 Å². The lowest BCUT2D eigenvalue weighted by Crippen LogP contribution is -2.37. The topological polar surface area (TPSA) is 44.4 Å². The number of benzene rings is 1. The van der Waals surface area contributed by atoms with Crippen LogP contribution in [0.1, 0.15) is 50.7 Å².